The van der Waals surface area contributed by atoms with Crippen molar-refractivity contribution < 1.29 is 29.3 Å². The molecule has 0 aromatic heterocycles. The number of carboxylic acid groups (broad SMARTS) is 1. The fraction of sp³-hybridized carbons (Fsp3) is 0.680. The molecule has 31 heavy (non-hydrogen) atoms. The molecule has 1 fully saturated rings. The smallest absolute Gasteiger partial charge is 0.341 e. The number of hydrogen-bond donors (Lipinski definition) is 2. The zero-order chi connectivity index (χ0) is 22.5. The van der Waals surface area contributed by atoms with Gasteiger partial charge in [-0.1, -0.05) is 32.9 Å². The Hall–Kier alpha value is -2.08. The summed E-state index contributed by atoms with van der Waals surface area (Å²) in [5.41, 5.74) is 2.28. The lowest BCUT2D eigenvalue weighted by Crippen LogP contribution is -2.28. The van der Waals surface area contributed by atoms with Gasteiger partial charge in [0.05, 0.1) is 6.10 Å². The van der Waals surface area contributed by atoms with Crippen LogP contribution in [-0.4, -0.2) is 41.0 Å². The van der Waals surface area contributed by atoms with Crippen molar-refractivity contribution in [1.82, 2.24) is 0 Å². The van der Waals surface area contributed by atoms with E-state index in [4.69, 9.17) is 14.6 Å². The zero-order valence-electron chi connectivity index (χ0n) is 18.9. The van der Waals surface area contributed by atoms with Gasteiger partial charge in [-0.3, -0.25) is 4.79 Å². The third-order valence-corrected chi connectivity index (χ3v) is 6.85. The minimum Gasteiger partial charge on any atom is -0.482 e. The Morgan fingerprint density at radius 2 is 2.00 bits per heavy atom. The summed E-state index contributed by atoms with van der Waals surface area (Å²) in [6.07, 6.45) is 4.84. The van der Waals surface area contributed by atoms with Crippen LogP contribution in [0.4, 0.5) is 0 Å². The van der Waals surface area contributed by atoms with Crippen LogP contribution in [0.25, 0.3) is 0 Å². The number of fused-ring (bicyclic) bond motifs is 2. The topological polar surface area (TPSA) is 93.1 Å². The lowest BCUT2D eigenvalue weighted by atomic mass is 9.73. The van der Waals surface area contributed by atoms with Crippen LogP contribution >= 0.6 is 0 Å². The molecule has 0 aliphatic heterocycles. The lowest BCUT2D eigenvalue weighted by Gasteiger charge is -2.32. The maximum absolute atomic E-state index is 12.1. The number of aliphatic hydroxyl groups excluding tert-OH is 1. The van der Waals surface area contributed by atoms with Gasteiger partial charge in [-0.2, -0.15) is 0 Å². The van der Waals surface area contributed by atoms with Gasteiger partial charge >= 0.3 is 11.9 Å². The molecule has 1 aromatic rings. The Labute approximate surface area is 184 Å². The molecule has 2 aliphatic rings. The fourth-order valence-corrected chi connectivity index (χ4v) is 5.37. The maximum Gasteiger partial charge on any atom is 0.341 e. The van der Waals surface area contributed by atoms with Crippen LogP contribution in [0.5, 0.6) is 5.75 Å². The molecule has 2 N–H and O–H groups in total. The number of aliphatic carboxylic acids is 1. The van der Waals surface area contributed by atoms with E-state index in [1.807, 2.05) is 32.9 Å². The van der Waals surface area contributed by atoms with Crippen LogP contribution < -0.4 is 4.74 Å². The quantitative estimate of drug-likeness (QED) is 0.543. The Kier molecular flexibility index (Phi) is 7.98. The standard InChI is InChI=1S/C25H36O6/c1-4-18(31-25(29)10-15(2)3)8-9-19-20-11-16-6-5-7-23(30-14-24(27)28)21(16)12-17(20)13-22(19)26/h5-7,15,17-20,22,26H,4,8-14H2,1-3H3,(H,27,28)/t17-,18-,19+,20-,22+/m0/s1. The molecule has 2 aliphatic carbocycles. The largest absolute Gasteiger partial charge is 0.482 e. The molecule has 172 valence electrons. The van der Waals surface area contributed by atoms with Crippen molar-refractivity contribution in [3.63, 3.8) is 0 Å². The predicted molar refractivity (Wildman–Crippen MR) is 117 cm³/mol. The fourth-order valence-electron chi connectivity index (χ4n) is 5.37. The summed E-state index contributed by atoms with van der Waals surface area (Å²) < 4.78 is 11.2. The summed E-state index contributed by atoms with van der Waals surface area (Å²) in [6, 6.07) is 5.84. The molecule has 0 unspecified atom stereocenters. The van der Waals surface area contributed by atoms with Crippen LogP contribution in [0, 0.1) is 23.7 Å². The van der Waals surface area contributed by atoms with E-state index in [2.05, 4.69) is 6.07 Å². The molecule has 0 spiro atoms. The molecule has 0 saturated heterocycles. The molecule has 6 heteroatoms. The predicted octanol–water partition coefficient (Wildman–Crippen LogP) is 4.01. The Balaban J connectivity index is 1.63. The Morgan fingerprint density at radius 1 is 1.23 bits per heavy atom. The van der Waals surface area contributed by atoms with E-state index in [-0.39, 0.29) is 36.6 Å². The van der Waals surface area contributed by atoms with Crippen LogP contribution in [0.3, 0.4) is 0 Å². The highest BCUT2D eigenvalue weighted by Gasteiger charge is 2.45. The molecule has 0 radical (unpaired) electrons. The average Bonchev–Trinajstić information content (AvgIpc) is 3.01. The molecular weight excluding hydrogens is 396 g/mol. The molecule has 5 atom stereocenters. The van der Waals surface area contributed by atoms with Crippen LogP contribution in [0.15, 0.2) is 18.2 Å². The van der Waals surface area contributed by atoms with Gasteiger partial charge in [-0.25, -0.2) is 4.79 Å². The number of esters is 1. The monoisotopic (exact) mass is 432 g/mol. The first-order valence-electron chi connectivity index (χ1n) is 11.6. The van der Waals surface area contributed by atoms with Gasteiger partial charge in [0.2, 0.25) is 0 Å². The first kappa shape index (κ1) is 23.6. The van der Waals surface area contributed by atoms with Gasteiger partial charge in [-0.15, -0.1) is 0 Å². The second kappa shape index (κ2) is 10.5. The Morgan fingerprint density at radius 3 is 2.68 bits per heavy atom. The van der Waals surface area contributed by atoms with Crippen molar-refractivity contribution >= 4 is 11.9 Å². The van der Waals surface area contributed by atoms with Gasteiger partial charge in [0.15, 0.2) is 6.61 Å². The zero-order valence-corrected chi connectivity index (χ0v) is 18.9. The molecule has 0 heterocycles. The van der Waals surface area contributed by atoms with Crippen LogP contribution in [0.2, 0.25) is 0 Å². The number of carbonyl (C=O) groups excluding carboxylic acids is 1. The highest BCUT2D eigenvalue weighted by molar-refractivity contribution is 5.69. The van der Waals surface area contributed by atoms with Gasteiger partial charge in [0.1, 0.15) is 11.9 Å². The molecule has 1 aromatic carbocycles. The SMILES string of the molecule is CC[C@@H](CC[C@@H]1[C@H]2Cc3cccc(OCC(=O)O)c3C[C@H]2C[C@H]1O)OC(=O)CC(C)C. The number of aliphatic hydroxyl groups is 1. The highest BCUT2D eigenvalue weighted by atomic mass is 16.5. The summed E-state index contributed by atoms with van der Waals surface area (Å²) in [6.45, 7) is 5.72. The van der Waals surface area contributed by atoms with E-state index >= 15 is 0 Å². The van der Waals surface area contributed by atoms with Gasteiger partial charge in [-0.05, 0) is 79.4 Å². The summed E-state index contributed by atoms with van der Waals surface area (Å²) in [4.78, 5) is 22.9. The first-order chi connectivity index (χ1) is 14.8. The second-order valence-electron chi connectivity index (χ2n) is 9.57. The summed E-state index contributed by atoms with van der Waals surface area (Å²) in [7, 11) is 0. The molecule has 1 saturated carbocycles. The van der Waals surface area contributed by atoms with E-state index in [0.29, 0.717) is 24.0 Å². The average molecular weight is 433 g/mol. The summed E-state index contributed by atoms with van der Waals surface area (Å²) >= 11 is 0. The van der Waals surface area contributed by atoms with Crippen LogP contribution in [-0.2, 0) is 27.2 Å². The van der Waals surface area contributed by atoms with E-state index in [0.717, 1.165) is 44.1 Å². The summed E-state index contributed by atoms with van der Waals surface area (Å²) in [5.74, 6) is 0.772. The van der Waals surface area contributed by atoms with Crippen molar-refractivity contribution in [2.75, 3.05) is 6.61 Å². The molecular formula is C25H36O6. The lowest BCUT2D eigenvalue weighted by molar-refractivity contribution is -0.150. The Bertz CT molecular complexity index is 773. The van der Waals surface area contributed by atoms with Crippen molar-refractivity contribution in [1.29, 1.82) is 0 Å². The van der Waals surface area contributed by atoms with Gasteiger partial charge in [0.25, 0.3) is 0 Å². The van der Waals surface area contributed by atoms with Gasteiger partial charge < -0.3 is 19.7 Å². The number of carboxylic acids is 1. The van der Waals surface area contributed by atoms with Gasteiger partial charge in [0, 0.05) is 6.42 Å². The maximum atomic E-state index is 12.1. The summed E-state index contributed by atoms with van der Waals surface area (Å²) in [5, 5.41) is 19.7. The van der Waals surface area contributed by atoms with E-state index in [1.54, 1.807) is 0 Å². The second-order valence-corrected chi connectivity index (χ2v) is 9.57. The van der Waals surface area contributed by atoms with E-state index in [1.165, 1.54) is 5.56 Å². The van der Waals surface area contributed by atoms with Crippen molar-refractivity contribution in [3.8, 4) is 5.75 Å². The van der Waals surface area contributed by atoms with Crippen molar-refractivity contribution in [3.05, 3.63) is 29.3 Å². The molecule has 0 amide bonds. The van der Waals surface area contributed by atoms with E-state index in [9.17, 15) is 14.7 Å². The third-order valence-electron chi connectivity index (χ3n) is 6.85. The van der Waals surface area contributed by atoms with Crippen molar-refractivity contribution in [2.45, 2.75) is 77.9 Å². The minimum absolute atomic E-state index is 0.0931. The normalized spacial score (nSPS) is 25.6. The van der Waals surface area contributed by atoms with Crippen LogP contribution in [0.1, 0.15) is 64.0 Å². The number of carbonyl (C=O) groups is 2. The molecule has 0 bridgehead atoms. The van der Waals surface area contributed by atoms with Crippen molar-refractivity contribution in [2.24, 2.45) is 23.7 Å². The number of hydrogen-bond acceptors (Lipinski definition) is 5. The first-order valence-corrected chi connectivity index (χ1v) is 11.6. The molecule has 3 rings (SSSR count). The molecule has 6 nitrogen and oxygen atoms in total. The van der Waals surface area contributed by atoms with E-state index < -0.39 is 5.97 Å². The third kappa shape index (κ3) is 6.00. The minimum atomic E-state index is -0.984. The number of rotatable bonds is 10. The highest BCUT2D eigenvalue weighted by Crippen LogP contribution is 2.48. The number of ether oxygens (including phenoxy) is 2. The number of benzene rings is 1.